The Kier molecular flexibility index (Phi) is 5.01. The fourth-order valence-corrected chi connectivity index (χ4v) is 3.12. The third kappa shape index (κ3) is 3.70. The maximum Gasteiger partial charge on any atom is 0.257 e. The molecule has 4 rings (SSSR count). The van der Waals surface area contributed by atoms with E-state index in [1.165, 1.54) is 41.8 Å². The van der Waals surface area contributed by atoms with Crippen molar-refractivity contribution >= 4 is 23.2 Å². The van der Waals surface area contributed by atoms with Crippen LogP contribution in [-0.2, 0) is 0 Å². The van der Waals surface area contributed by atoms with Gasteiger partial charge in [-0.15, -0.1) is 4.80 Å². The van der Waals surface area contributed by atoms with Gasteiger partial charge in [0.1, 0.15) is 5.82 Å². The van der Waals surface area contributed by atoms with E-state index in [2.05, 4.69) is 25.5 Å². The predicted octanol–water partition coefficient (Wildman–Crippen LogP) is 4.08. The number of benzene rings is 1. The zero-order valence-electron chi connectivity index (χ0n) is 15.2. The topological polar surface area (TPSA) is 85.6 Å². The Bertz CT molecular complexity index is 1200. The molecule has 0 unspecified atom stereocenters. The lowest BCUT2D eigenvalue weighted by Gasteiger charge is -2.12. The van der Waals surface area contributed by atoms with Crippen molar-refractivity contribution in [3.05, 3.63) is 83.3 Å². The van der Waals surface area contributed by atoms with Crippen LogP contribution in [0.4, 0.5) is 10.1 Å². The normalized spacial score (nSPS) is 10.7. The Morgan fingerprint density at radius 2 is 1.86 bits per heavy atom. The lowest BCUT2D eigenvalue weighted by molar-refractivity contribution is 0.102. The van der Waals surface area contributed by atoms with Crippen LogP contribution in [0.5, 0.6) is 0 Å². The van der Waals surface area contributed by atoms with Gasteiger partial charge in [-0.2, -0.15) is 10.2 Å². The van der Waals surface area contributed by atoms with Gasteiger partial charge in [-0.25, -0.2) is 9.37 Å². The first kappa shape index (κ1) is 18.7. The molecule has 0 atom stereocenters. The third-order valence-corrected chi connectivity index (χ3v) is 4.59. The summed E-state index contributed by atoms with van der Waals surface area (Å²) in [6.45, 7) is 1.75. The van der Waals surface area contributed by atoms with Crippen LogP contribution in [0.1, 0.15) is 15.9 Å². The molecular formula is C20H14ClFN6O. The Hall–Kier alpha value is -3.65. The second-order valence-electron chi connectivity index (χ2n) is 6.14. The van der Waals surface area contributed by atoms with E-state index >= 15 is 0 Å². The zero-order valence-corrected chi connectivity index (χ0v) is 15.9. The molecule has 29 heavy (non-hydrogen) atoms. The molecule has 0 spiro atoms. The number of rotatable bonds is 4. The van der Waals surface area contributed by atoms with Crippen molar-refractivity contribution in [3.8, 4) is 16.9 Å². The third-order valence-electron chi connectivity index (χ3n) is 4.31. The van der Waals surface area contributed by atoms with Crippen molar-refractivity contribution in [3.63, 3.8) is 0 Å². The average Bonchev–Trinajstić information content (AvgIpc) is 3.23. The van der Waals surface area contributed by atoms with Gasteiger partial charge < -0.3 is 5.32 Å². The molecule has 0 fully saturated rings. The van der Waals surface area contributed by atoms with Crippen LogP contribution < -0.4 is 5.32 Å². The predicted molar refractivity (Wildman–Crippen MR) is 106 cm³/mol. The number of amides is 1. The molecule has 3 aromatic heterocycles. The Balaban J connectivity index is 1.62. The molecule has 3 heterocycles. The summed E-state index contributed by atoms with van der Waals surface area (Å²) in [6.07, 6.45) is 7.44. The SMILES string of the molecule is Cc1c(C(=O)Nc2cnc(-n3nccn3)c(Cl)c2)cncc1-c1ccccc1F. The minimum absolute atomic E-state index is 0.272. The van der Waals surface area contributed by atoms with Crippen LogP contribution >= 0.6 is 11.6 Å². The molecule has 0 aliphatic carbocycles. The minimum atomic E-state index is -0.406. The van der Waals surface area contributed by atoms with Gasteiger partial charge in [0.2, 0.25) is 0 Å². The number of carbonyl (C=O) groups is 1. The molecule has 0 aliphatic rings. The molecule has 1 aromatic carbocycles. The molecular weight excluding hydrogens is 395 g/mol. The number of hydrogen-bond acceptors (Lipinski definition) is 5. The molecule has 1 amide bonds. The van der Waals surface area contributed by atoms with Gasteiger partial charge in [0.25, 0.3) is 5.91 Å². The van der Waals surface area contributed by atoms with E-state index in [0.29, 0.717) is 33.8 Å². The molecule has 7 nitrogen and oxygen atoms in total. The summed E-state index contributed by atoms with van der Waals surface area (Å²) >= 11 is 6.24. The number of halogens is 2. The average molecular weight is 409 g/mol. The molecule has 4 aromatic rings. The highest BCUT2D eigenvalue weighted by Gasteiger charge is 2.16. The summed E-state index contributed by atoms with van der Waals surface area (Å²) in [4.78, 5) is 22.4. The van der Waals surface area contributed by atoms with Crippen LogP contribution in [0.2, 0.25) is 5.02 Å². The summed E-state index contributed by atoms with van der Waals surface area (Å²) in [5, 5.41) is 11.0. The van der Waals surface area contributed by atoms with Crippen molar-refractivity contribution in [2.45, 2.75) is 6.92 Å². The molecule has 1 N–H and O–H groups in total. The molecule has 9 heteroatoms. The fourth-order valence-electron chi connectivity index (χ4n) is 2.87. The fraction of sp³-hybridized carbons (Fsp3) is 0.0500. The standard InChI is InChI=1S/C20H14ClFN6O/c1-12-15(14-4-2-3-5-18(14)22)10-23-11-16(12)20(29)27-13-8-17(21)19(24-9-13)28-25-6-7-26-28/h2-11H,1H3,(H,27,29). The second-order valence-corrected chi connectivity index (χ2v) is 6.55. The Morgan fingerprint density at radius 1 is 1.10 bits per heavy atom. The van der Waals surface area contributed by atoms with Gasteiger partial charge in [-0.1, -0.05) is 29.8 Å². The number of carbonyl (C=O) groups excluding carboxylic acids is 1. The highest BCUT2D eigenvalue weighted by Crippen LogP contribution is 2.28. The van der Waals surface area contributed by atoms with Crippen molar-refractivity contribution in [1.82, 2.24) is 25.0 Å². The van der Waals surface area contributed by atoms with Gasteiger partial charge in [0.15, 0.2) is 5.82 Å². The molecule has 0 radical (unpaired) electrons. The number of nitrogens with zero attached hydrogens (tertiary/aromatic N) is 5. The molecule has 0 bridgehead atoms. The van der Waals surface area contributed by atoms with Gasteiger partial charge in [0.05, 0.1) is 34.9 Å². The van der Waals surface area contributed by atoms with Crippen LogP contribution in [0.25, 0.3) is 16.9 Å². The van der Waals surface area contributed by atoms with Gasteiger partial charge in [0, 0.05) is 23.5 Å². The first-order chi connectivity index (χ1) is 14.0. The maximum atomic E-state index is 14.2. The lowest BCUT2D eigenvalue weighted by atomic mass is 9.98. The Labute approximate surface area is 170 Å². The molecule has 0 aliphatic heterocycles. The summed E-state index contributed by atoms with van der Waals surface area (Å²) < 4.78 is 14.2. The monoisotopic (exact) mass is 408 g/mol. The van der Waals surface area contributed by atoms with Crippen LogP contribution in [0, 0.1) is 12.7 Å². The van der Waals surface area contributed by atoms with Crippen molar-refractivity contribution in [2.24, 2.45) is 0 Å². The zero-order chi connectivity index (χ0) is 20.4. The summed E-state index contributed by atoms with van der Waals surface area (Å²) in [5.74, 6) is -0.446. The van der Waals surface area contributed by atoms with Gasteiger partial charge in [-0.05, 0) is 24.6 Å². The van der Waals surface area contributed by atoms with E-state index < -0.39 is 5.91 Å². The summed E-state index contributed by atoms with van der Waals surface area (Å²) in [7, 11) is 0. The number of pyridine rings is 2. The number of nitrogens with one attached hydrogen (secondary N) is 1. The summed E-state index contributed by atoms with van der Waals surface area (Å²) in [6, 6.07) is 7.90. The maximum absolute atomic E-state index is 14.2. The number of aromatic nitrogens is 5. The molecule has 0 saturated heterocycles. The van der Waals surface area contributed by atoms with Crippen LogP contribution in [0.3, 0.4) is 0 Å². The Morgan fingerprint density at radius 3 is 2.59 bits per heavy atom. The number of hydrogen-bond donors (Lipinski definition) is 1. The highest BCUT2D eigenvalue weighted by atomic mass is 35.5. The van der Waals surface area contributed by atoms with E-state index in [4.69, 9.17) is 11.6 Å². The van der Waals surface area contributed by atoms with Gasteiger partial charge >= 0.3 is 0 Å². The molecule has 0 saturated carbocycles. The van der Waals surface area contributed by atoms with E-state index in [-0.39, 0.29) is 10.8 Å². The largest absolute Gasteiger partial charge is 0.320 e. The first-order valence-electron chi connectivity index (χ1n) is 8.57. The second kappa shape index (κ2) is 7.76. The molecule has 144 valence electrons. The first-order valence-corrected chi connectivity index (χ1v) is 8.95. The van der Waals surface area contributed by atoms with Crippen LogP contribution in [0.15, 0.2) is 61.3 Å². The van der Waals surface area contributed by atoms with E-state index in [1.807, 2.05) is 0 Å². The van der Waals surface area contributed by atoms with E-state index in [0.717, 1.165) is 0 Å². The van der Waals surface area contributed by atoms with Crippen molar-refractivity contribution in [2.75, 3.05) is 5.32 Å². The van der Waals surface area contributed by atoms with E-state index in [9.17, 15) is 9.18 Å². The lowest BCUT2D eigenvalue weighted by Crippen LogP contribution is -2.15. The number of anilines is 1. The summed E-state index contributed by atoms with van der Waals surface area (Å²) in [5.41, 5.74) is 2.25. The van der Waals surface area contributed by atoms with E-state index in [1.54, 1.807) is 31.2 Å². The highest BCUT2D eigenvalue weighted by molar-refractivity contribution is 6.32. The quantitative estimate of drug-likeness (QED) is 0.550. The van der Waals surface area contributed by atoms with Gasteiger partial charge in [-0.3, -0.25) is 9.78 Å². The van der Waals surface area contributed by atoms with Crippen molar-refractivity contribution in [1.29, 1.82) is 0 Å². The smallest absolute Gasteiger partial charge is 0.257 e. The van der Waals surface area contributed by atoms with Crippen LogP contribution in [-0.4, -0.2) is 30.9 Å². The minimum Gasteiger partial charge on any atom is -0.320 e. The van der Waals surface area contributed by atoms with Crippen molar-refractivity contribution < 1.29 is 9.18 Å².